The summed E-state index contributed by atoms with van der Waals surface area (Å²) in [6.07, 6.45) is 3.40. The summed E-state index contributed by atoms with van der Waals surface area (Å²) < 4.78 is 45.8. The highest BCUT2D eigenvalue weighted by Gasteiger charge is 2.45. The molecule has 1 saturated carbocycles. The monoisotopic (exact) mass is 327 g/mol. The molecule has 1 aliphatic carbocycles. The Morgan fingerprint density at radius 1 is 1.27 bits per heavy atom. The van der Waals surface area contributed by atoms with Gasteiger partial charge in [-0.15, -0.1) is 0 Å². The van der Waals surface area contributed by atoms with E-state index < -0.39 is 10.0 Å². The quantitative estimate of drug-likeness (QED) is 0.871. The molecule has 0 unspecified atom stereocenters. The van der Waals surface area contributed by atoms with Crippen LogP contribution in [0.4, 0.5) is 4.39 Å². The topological polar surface area (TPSA) is 55.4 Å². The van der Waals surface area contributed by atoms with Crippen molar-refractivity contribution < 1.29 is 17.5 Å². The van der Waals surface area contributed by atoms with Crippen molar-refractivity contribution in [2.45, 2.75) is 31.1 Å². The summed E-state index contributed by atoms with van der Waals surface area (Å²) in [5, 5.41) is 0. The number of benzene rings is 1. The van der Waals surface area contributed by atoms with Crippen molar-refractivity contribution in [3.05, 3.63) is 35.6 Å². The molecule has 0 amide bonds. The van der Waals surface area contributed by atoms with Crippen molar-refractivity contribution in [2.24, 2.45) is 5.92 Å². The maximum Gasteiger partial charge on any atom is 0.211 e. The summed E-state index contributed by atoms with van der Waals surface area (Å²) in [5.41, 5.74) is 0.673. The number of nitrogens with one attached hydrogen (secondary N) is 1. The minimum absolute atomic E-state index is 0.162. The van der Waals surface area contributed by atoms with Crippen molar-refractivity contribution in [1.82, 2.24) is 4.72 Å². The molecule has 6 heteroatoms. The van der Waals surface area contributed by atoms with Gasteiger partial charge in [-0.25, -0.2) is 17.5 Å². The Hall–Kier alpha value is -0.980. The van der Waals surface area contributed by atoms with E-state index in [0.29, 0.717) is 19.8 Å². The Bertz CT molecular complexity index is 622. The van der Waals surface area contributed by atoms with Gasteiger partial charge in [-0.2, -0.15) is 0 Å². The lowest BCUT2D eigenvalue weighted by Gasteiger charge is -2.23. The molecule has 0 radical (unpaired) electrons. The van der Waals surface area contributed by atoms with E-state index in [2.05, 4.69) is 4.72 Å². The van der Waals surface area contributed by atoms with Crippen LogP contribution in [0.15, 0.2) is 24.3 Å². The second-order valence-corrected chi connectivity index (χ2v) is 8.30. The third-order valence-electron chi connectivity index (χ3n) is 4.72. The Labute approximate surface area is 131 Å². The summed E-state index contributed by atoms with van der Waals surface area (Å²) in [6, 6.07) is 6.48. The van der Waals surface area contributed by atoms with E-state index in [1.807, 2.05) is 6.07 Å². The van der Waals surface area contributed by atoms with E-state index in [4.69, 9.17) is 4.74 Å². The van der Waals surface area contributed by atoms with Gasteiger partial charge in [-0.1, -0.05) is 12.1 Å². The summed E-state index contributed by atoms with van der Waals surface area (Å²) in [5.74, 6) is 0.0692. The molecular weight excluding hydrogens is 305 g/mol. The molecule has 1 saturated heterocycles. The maximum absolute atomic E-state index is 13.4. The van der Waals surface area contributed by atoms with Gasteiger partial charge in [-0.3, -0.25) is 0 Å². The average molecular weight is 327 g/mol. The lowest BCUT2D eigenvalue weighted by molar-refractivity contribution is 0.0723. The minimum Gasteiger partial charge on any atom is -0.381 e. The third kappa shape index (κ3) is 3.86. The maximum atomic E-state index is 13.4. The first-order chi connectivity index (χ1) is 10.5. The fourth-order valence-corrected chi connectivity index (χ4v) is 4.64. The first-order valence-electron chi connectivity index (χ1n) is 7.80. The van der Waals surface area contributed by atoms with E-state index in [1.54, 1.807) is 6.07 Å². The first-order valence-corrected chi connectivity index (χ1v) is 9.46. The van der Waals surface area contributed by atoms with Crippen LogP contribution in [0.1, 0.15) is 31.2 Å². The van der Waals surface area contributed by atoms with Crippen molar-refractivity contribution in [1.29, 1.82) is 0 Å². The Balaban J connectivity index is 1.59. The summed E-state index contributed by atoms with van der Waals surface area (Å²) in [6.45, 7) is 1.66. The van der Waals surface area contributed by atoms with Gasteiger partial charge in [0, 0.05) is 25.2 Å². The van der Waals surface area contributed by atoms with E-state index in [9.17, 15) is 12.8 Å². The van der Waals surface area contributed by atoms with E-state index in [1.165, 1.54) is 12.1 Å². The van der Waals surface area contributed by atoms with Gasteiger partial charge in [0.05, 0.1) is 5.75 Å². The molecule has 1 N–H and O–H groups in total. The lowest BCUT2D eigenvalue weighted by Crippen LogP contribution is -2.36. The molecule has 0 bridgehead atoms. The molecule has 0 aromatic heterocycles. The van der Waals surface area contributed by atoms with Gasteiger partial charge in [-0.05, 0) is 49.3 Å². The molecule has 4 nitrogen and oxygen atoms in total. The summed E-state index contributed by atoms with van der Waals surface area (Å²) in [4.78, 5) is 0. The van der Waals surface area contributed by atoms with Crippen LogP contribution in [0.5, 0.6) is 0 Å². The second-order valence-electron chi connectivity index (χ2n) is 6.45. The SMILES string of the molecule is O=S(=O)(CC1CCOCC1)NCC1(c2cccc(F)c2)CC1. The van der Waals surface area contributed by atoms with Gasteiger partial charge in [0.2, 0.25) is 10.0 Å². The number of hydrogen-bond donors (Lipinski definition) is 1. The largest absolute Gasteiger partial charge is 0.381 e. The van der Waals surface area contributed by atoms with Crippen LogP contribution in [0.25, 0.3) is 0 Å². The molecule has 1 aromatic carbocycles. The molecule has 1 aliphatic heterocycles. The molecular formula is C16H22FNO3S. The second kappa shape index (κ2) is 6.26. The Morgan fingerprint density at radius 2 is 2.00 bits per heavy atom. The van der Waals surface area contributed by atoms with E-state index in [0.717, 1.165) is 31.2 Å². The van der Waals surface area contributed by atoms with Gasteiger partial charge in [0.1, 0.15) is 5.82 Å². The number of hydrogen-bond acceptors (Lipinski definition) is 3. The smallest absolute Gasteiger partial charge is 0.211 e. The van der Waals surface area contributed by atoms with Crippen molar-refractivity contribution in [2.75, 3.05) is 25.5 Å². The van der Waals surface area contributed by atoms with E-state index in [-0.39, 0.29) is 22.9 Å². The molecule has 22 heavy (non-hydrogen) atoms. The summed E-state index contributed by atoms with van der Waals surface area (Å²) >= 11 is 0. The average Bonchev–Trinajstić information content (AvgIpc) is 3.27. The number of ether oxygens (including phenoxy) is 1. The van der Waals surface area contributed by atoms with Crippen molar-refractivity contribution in [3.8, 4) is 0 Å². The standard InChI is InChI=1S/C16H22FNO3S/c17-15-3-1-2-14(10-15)16(6-7-16)12-18-22(19,20)11-13-4-8-21-9-5-13/h1-3,10,13,18H,4-9,11-12H2. The van der Waals surface area contributed by atoms with Gasteiger partial charge >= 0.3 is 0 Å². The zero-order chi connectivity index (χ0) is 15.6. The predicted octanol–water partition coefficient (Wildman–Crippen LogP) is 2.20. The van der Waals surface area contributed by atoms with Crippen LogP contribution in [0.3, 0.4) is 0 Å². The van der Waals surface area contributed by atoms with Gasteiger partial charge in [0.15, 0.2) is 0 Å². The van der Waals surface area contributed by atoms with Crippen LogP contribution in [0.2, 0.25) is 0 Å². The Kier molecular flexibility index (Phi) is 4.52. The highest BCUT2D eigenvalue weighted by atomic mass is 32.2. The highest BCUT2D eigenvalue weighted by molar-refractivity contribution is 7.89. The fourth-order valence-electron chi connectivity index (χ4n) is 3.07. The summed E-state index contributed by atoms with van der Waals surface area (Å²) in [7, 11) is -3.29. The molecule has 0 spiro atoms. The number of halogens is 1. The number of sulfonamides is 1. The van der Waals surface area contributed by atoms with Crippen LogP contribution >= 0.6 is 0 Å². The molecule has 122 valence electrons. The van der Waals surface area contributed by atoms with Gasteiger partial charge in [0.25, 0.3) is 0 Å². The van der Waals surface area contributed by atoms with Crippen LogP contribution in [-0.2, 0) is 20.2 Å². The minimum atomic E-state index is -3.29. The van der Waals surface area contributed by atoms with Crippen LogP contribution in [-0.4, -0.2) is 33.9 Å². The van der Waals surface area contributed by atoms with Crippen LogP contribution < -0.4 is 4.72 Å². The van der Waals surface area contributed by atoms with Crippen molar-refractivity contribution >= 4 is 10.0 Å². The zero-order valence-electron chi connectivity index (χ0n) is 12.6. The van der Waals surface area contributed by atoms with Gasteiger partial charge < -0.3 is 4.74 Å². The van der Waals surface area contributed by atoms with E-state index >= 15 is 0 Å². The molecule has 2 fully saturated rings. The molecule has 1 aromatic rings. The molecule has 2 aliphatic rings. The fraction of sp³-hybridized carbons (Fsp3) is 0.625. The van der Waals surface area contributed by atoms with Crippen LogP contribution in [0, 0.1) is 11.7 Å². The zero-order valence-corrected chi connectivity index (χ0v) is 13.4. The third-order valence-corrected chi connectivity index (χ3v) is 6.21. The lowest BCUT2D eigenvalue weighted by atomic mass is 9.96. The molecule has 3 rings (SSSR count). The predicted molar refractivity (Wildman–Crippen MR) is 82.6 cm³/mol. The van der Waals surface area contributed by atoms with Crippen molar-refractivity contribution in [3.63, 3.8) is 0 Å². The number of rotatable bonds is 6. The molecule has 0 atom stereocenters. The normalized spacial score (nSPS) is 21.7. The highest BCUT2D eigenvalue weighted by Crippen LogP contribution is 2.47. The Morgan fingerprint density at radius 3 is 2.64 bits per heavy atom. The molecule has 1 heterocycles. The first kappa shape index (κ1) is 15.9.